The topological polar surface area (TPSA) is 74.4 Å². The van der Waals surface area contributed by atoms with E-state index >= 15 is 0 Å². The summed E-state index contributed by atoms with van der Waals surface area (Å²) in [7, 11) is 0. The van der Waals surface area contributed by atoms with Gasteiger partial charge in [0.05, 0.1) is 11.5 Å². The van der Waals surface area contributed by atoms with Crippen LogP contribution in [0.2, 0.25) is 0 Å². The van der Waals surface area contributed by atoms with E-state index in [0.717, 1.165) is 10.9 Å². The minimum Gasteiger partial charge on any atom is -0.464 e. The van der Waals surface area contributed by atoms with E-state index in [-0.39, 0.29) is 11.7 Å². The number of benzene rings is 1. The van der Waals surface area contributed by atoms with E-state index in [1.807, 2.05) is 0 Å². The number of fused-ring (bicyclic) bond motifs is 1. The largest absolute Gasteiger partial charge is 0.464 e. The van der Waals surface area contributed by atoms with Crippen LogP contribution < -0.4 is 0 Å². The minimum atomic E-state index is -0.459. The van der Waals surface area contributed by atoms with Gasteiger partial charge in [0.25, 0.3) is 5.69 Å². The van der Waals surface area contributed by atoms with Crippen LogP contribution >= 0.6 is 0 Å². The fourth-order valence-corrected chi connectivity index (χ4v) is 1.98. The van der Waals surface area contributed by atoms with Crippen LogP contribution in [0.1, 0.15) is 19.9 Å². The molecule has 0 radical (unpaired) electrons. The van der Waals surface area contributed by atoms with Gasteiger partial charge in [-0.3, -0.25) is 10.1 Å². The van der Waals surface area contributed by atoms with Crippen LogP contribution in [0.4, 0.5) is 5.69 Å². The van der Waals surface area contributed by atoms with E-state index in [1.54, 1.807) is 36.7 Å². The Labute approximate surface area is 109 Å². The number of rotatable bonds is 4. The molecular formula is C13H14N2O4. The molecule has 1 heterocycles. The van der Waals surface area contributed by atoms with E-state index < -0.39 is 11.0 Å². The molecule has 19 heavy (non-hydrogen) atoms. The van der Waals surface area contributed by atoms with Crippen LogP contribution in [0, 0.1) is 10.1 Å². The number of nitro groups is 1. The number of carbonyl (C=O) groups excluding carboxylic acids is 1. The molecule has 0 unspecified atom stereocenters. The first kappa shape index (κ1) is 13.1. The van der Waals surface area contributed by atoms with Crippen molar-refractivity contribution in [1.29, 1.82) is 0 Å². The van der Waals surface area contributed by atoms with Crippen molar-refractivity contribution < 1.29 is 14.5 Å². The Bertz CT molecular complexity index is 633. The van der Waals surface area contributed by atoms with E-state index in [9.17, 15) is 14.9 Å². The van der Waals surface area contributed by atoms with Crippen LogP contribution in [-0.2, 0) is 9.53 Å². The fourth-order valence-electron chi connectivity index (χ4n) is 1.98. The average Bonchev–Trinajstić information content (AvgIpc) is 2.80. The summed E-state index contributed by atoms with van der Waals surface area (Å²) in [6, 6.07) is 5.85. The molecule has 6 heteroatoms. The normalized spacial score (nSPS) is 12.3. The number of carbonyl (C=O) groups is 1. The Morgan fingerprint density at radius 2 is 2.21 bits per heavy atom. The smallest absolute Gasteiger partial charge is 0.328 e. The first-order chi connectivity index (χ1) is 9.04. The van der Waals surface area contributed by atoms with Crippen molar-refractivity contribution in [2.45, 2.75) is 19.9 Å². The minimum absolute atomic E-state index is 0.0361. The molecule has 100 valence electrons. The molecule has 0 N–H and O–H groups in total. The van der Waals surface area contributed by atoms with Gasteiger partial charge >= 0.3 is 5.97 Å². The summed E-state index contributed by atoms with van der Waals surface area (Å²) in [6.07, 6.45) is 1.73. The summed E-state index contributed by atoms with van der Waals surface area (Å²) < 4.78 is 6.72. The van der Waals surface area contributed by atoms with Gasteiger partial charge in [0.2, 0.25) is 0 Å². The predicted octanol–water partition coefficient (Wildman–Crippen LogP) is 2.67. The number of nitro benzene ring substituents is 1. The van der Waals surface area contributed by atoms with Crippen LogP contribution in [0.15, 0.2) is 30.5 Å². The van der Waals surface area contributed by atoms with E-state index in [0.29, 0.717) is 6.61 Å². The van der Waals surface area contributed by atoms with Crippen molar-refractivity contribution in [1.82, 2.24) is 4.57 Å². The monoisotopic (exact) mass is 262 g/mol. The highest BCUT2D eigenvalue weighted by Gasteiger charge is 2.18. The Balaban J connectivity index is 2.40. The molecule has 1 aromatic carbocycles. The van der Waals surface area contributed by atoms with Gasteiger partial charge in [0, 0.05) is 29.2 Å². The van der Waals surface area contributed by atoms with Crippen molar-refractivity contribution in [3.63, 3.8) is 0 Å². The van der Waals surface area contributed by atoms with Crippen LogP contribution in [0.3, 0.4) is 0 Å². The number of nitrogens with zero attached hydrogens (tertiary/aromatic N) is 2. The number of non-ortho nitro benzene ring substituents is 1. The summed E-state index contributed by atoms with van der Waals surface area (Å²) in [5, 5.41) is 11.4. The van der Waals surface area contributed by atoms with Crippen molar-refractivity contribution in [2.24, 2.45) is 0 Å². The summed E-state index contributed by atoms with van der Waals surface area (Å²) in [5.41, 5.74) is 0.806. The van der Waals surface area contributed by atoms with E-state index in [2.05, 4.69) is 0 Å². The van der Waals surface area contributed by atoms with Gasteiger partial charge in [0.1, 0.15) is 6.04 Å². The number of ether oxygens (including phenoxy) is 1. The molecule has 2 aromatic rings. The number of hydrogen-bond donors (Lipinski definition) is 0. The highest BCUT2D eigenvalue weighted by Crippen LogP contribution is 2.24. The van der Waals surface area contributed by atoms with Crippen LogP contribution in [0.25, 0.3) is 10.9 Å². The van der Waals surface area contributed by atoms with Crippen molar-refractivity contribution in [3.8, 4) is 0 Å². The maximum absolute atomic E-state index is 11.7. The molecule has 0 bridgehead atoms. The maximum Gasteiger partial charge on any atom is 0.328 e. The zero-order valence-corrected chi connectivity index (χ0v) is 10.7. The molecule has 0 saturated carbocycles. The lowest BCUT2D eigenvalue weighted by atomic mass is 10.2. The number of hydrogen-bond acceptors (Lipinski definition) is 4. The van der Waals surface area contributed by atoms with E-state index in [4.69, 9.17) is 4.74 Å². The Hall–Kier alpha value is -2.37. The molecular weight excluding hydrogens is 248 g/mol. The Kier molecular flexibility index (Phi) is 3.50. The third-order valence-electron chi connectivity index (χ3n) is 2.96. The van der Waals surface area contributed by atoms with Gasteiger partial charge in [0.15, 0.2) is 0 Å². The first-order valence-electron chi connectivity index (χ1n) is 5.96. The van der Waals surface area contributed by atoms with Gasteiger partial charge < -0.3 is 9.30 Å². The molecule has 0 aliphatic carbocycles. The standard InChI is InChI=1S/C13H14N2O4/c1-3-19-13(16)9(2)14-7-6-10-8-11(15(17)18)4-5-12(10)14/h4-9H,3H2,1-2H3/t9-/m1/s1. The molecule has 6 nitrogen and oxygen atoms in total. The molecule has 0 spiro atoms. The number of esters is 1. The van der Waals surface area contributed by atoms with Gasteiger partial charge in [-0.25, -0.2) is 4.79 Å². The quantitative estimate of drug-likeness (QED) is 0.482. The van der Waals surface area contributed by atoms with Crippen molar-refractivity contribution in [3.05, 3.63) is 40.6 Å². The zero-order chi connectivity index (χ0) is 14.0. The molecule has 0 aliphatic heterocycles. The second kappa shape index (κ2) is 5.09. The number of aromatic nitrogens is 1. The van der Waals surface area contributed by atoms with E-state index in [1.165, 1.54) is 12.1 Å². The molecule has 0 saturated heterocycles. The Morgan fingerprint density at radius 3 is 2.84 bits per heavy atom. The lowest BCUT2D eigenvalue weighted by molar-refractivity contribution is -0.384. The average molecular weight is 262 g/mol. The maximum atomic E-state index is 11.7. The van der Waals surface area contributed by atoms with Gasteiger partial charge in [-0.2, -0.15) is 0 Å². The SMILES string of the molecule is CCOC(=O)[C@@H](C)n1ccc2cc([N+](=O)[O-])ccc21. The van der Waals surface area contributed by atoms with Gasteiger partial charge in [-0.15, -0.1) is 0 Å². The lowest BCUT2D eigenvalue weighted by Crippen LogP contribution is -2.18. The molecule has 0 aliphatic rings. The second-order valence-electron chi connectivity index (χ2n) is 4.15. The third-order valence-corrected chi connectivity index (χ3v) is 2.96. The molecule has 0 amide bonds. The zero-order valence-electron chi connectivity index (χ0n) is 10.7. The van der Waals surface area contributed by atoms with Crippen molar-refractivity contribution in [2.75, 3.05) is 6.61 Å². The highest BCUT2D eigenvalue weighted by atomic mass is 16.6. The summed E-state index contributed by atoms with van der Waals surface area (Å²) in [5.74, 6) is -0.321. The van der Waals surface area contributed by atoms with Gasteiger partial charge in [-0.05, 0) is 26.0 Å². The lowest BCUT2D eigenvalue weighted by Gasteiger charge is -2.13. The first-order valence-corrected chi connectivity index (χ1v) is 5.96. The molecule has 2 rings (SSSR count). The highest BCUT2D eigenvalue weighted by molar-refractivity contribution is 5.85. The third kappa shape index (κ3) is 2.42. The fraction of sp³-hybridized carbons (Fsp3) is 0.308. The summed E-state index contributed by atoms with van der Waals surface area (Å²) >= 11 is 0. The molecule has 0 fully saturated rings. The van der Waals surface area contributed by atoms with Crippen LogP contribution in [-0.4, -0.2) is 22.1 Å². The molecule has 1 atom stereocenters. The summed E-state index contributed by atoms with van der Waals surface area (Å²) in [4.78, 5) is 22.0. The summed E-state index contributed by atoms with van der Waals surface area (Å²) in [6.45, 7) is 3.81. The van der Waals surface area contributed by atoms with Gasteiger partial charge in [-0.1, -0.05) is 0 Å². The predicted molar refractivity (Wildman–Crippen MR) is 69.9 cm³/mol. The molecule has 1 aromatic heterocycles. The van der Waals surface area contributed by atoms with Crippen LogP contribution in [0.5, 0.6) is 0 Å². The second-order valence-corrected chi connectivity index (χ2v) is 4.15. The Morgan fingerprint density at radius 1 is 1.47 bits per heavy atom. The van der Waals surface area contributed by atoms with Crippen molar-refractivity contribution >= 4 is 22.6 Å².